The number of aromatic nitrogens is 1. The quantitative estimate of drug-likeness (QED) is 0.576. The molecule has 0 saturated carbocycles. The maximum absolute atomic E-state index is 14.6. The van der Waals surface area contributed by atoms with E-state index in [-0.39, 0.29) is 11.9 Å². The van der Waals surface area contributed by atoms with Gasteiger partial charge >= 0.3 is 5.97 Å². The van der Waals surface area contributed by atoms with Crippen LogP contribution in [-0.4, -0.2) is 34.6 Å². The van der Waals surface area contributed by atoms with Gasteiger partial charge in [-0.15, -0.1) is 0 Å². The van der Waals surface area contributed by atoms with Crippen LogP contribution in [0.15, 0.2) is 54.9 Å². The second-order valence-electron chi connectivity index (χ2n) is 7.80. The third-order valence-electron chi connectivity index (χ3n) is 5.84. The summed E-state index contributed by atoms with van der Waals surface area (Å²) in [6.07, 6.45) is 4.55. The Balaban J connectivity index is 1.55. The zero-order valence-electron chi connectivity index (χ0n) is 17.6. The van der Waals surface area contributed by atoms with Crippen molar-refractivity contribution in [2.24, 2.45) is 0 Å². The Kier molecular flexibility index (Phi) is 6.00. The van der Waals surface area contributed by atoms with Crippen LogP contribution in [0.1, 0.15) is 46.4 Å². The molecule has 1 aliphatic rings. The largest absolute Gasteiger partial charge is 0.494 e. The van der Waals surface area contributed by atoms with Gasteiger partial charge in [0.15, 0.2) is 0 Å². The molecule has 0 fully saturated rings. The highest BCUT2D eigenvalue weighted by molar-refractivity contribution is 5.89. The average molecular weight is 420 g/mol. The number of halogens is 1. The fourth-order valence-corrected chi connectivity index (χ4v) is 4.34. The van der Waals surface area contributed by atoms with Gasteiger partial charge in [0, 0.05) is 36.6 Å². The smallest absolute Gasteiger partial charge is 0.336 e. The molecule has 0 radical (unpaired) electrons. The summed E-state index contributed by atoms with van der Waals surface area (Å²) >= 11 is 0. The van der Waals surface area contributed by atoms with Crippen LogP contribution in [0.2, 0.25) is 0 Å². The van der Waals surface area contributed by atoms with Crippen molar-refractivity contribution in [3.63, 3.8) is 0 Å². The van der Waals surface area contributed by atoms with E-state index in [2.05, 4.69) is 29.1 Å². The molecule has 160 valence electrons. The van der Waals surface area contributed by atoms with Crippen molar-refractivity contribution >= 4 is 5.97 Å². The minimum absolute atomic E-state index is 0.177. The average Bonchev–Trinajstić information content (AvgIpc) is 3.06. The highest BCUT2D eigenvalue weighted by Crippen LogP contribution is 2.38. The van der Waals surface area contributed by atoms with Gasteiger partial charge < -0.3 is 9.84 Å². The molecule has 0 aliphatic carbocycles. The molecule has 3 aromatic rings. The van der Waals surface area contributed by atoms with E-state index in [1.165, 1.54) is 23.4 Å². The zero-order valence-corrected chi connectivity index (χ0v) is 17.6. The summed E-state index contributed by atoms with van der Waals surface area (Å²) < 4.78 is 20.0. The van der Waals surface area contributed by atoms with Crippen LogP contribution in [0.4, 0.5) is 4.39 Å². The number of aromatic carboxylic acids is 1. The Labute approximate surface area is 181 Å². The van der Waals surface area contributed by atoms with Crippen LogP contribution >= 0.6 is 0 Å². The number of fused-ring (bicyclic) bond motifs is 1. The summed E-state index contributed by atoms with van der Waals surface area (Å²) in [5.74, 6) is -0.702. The second kappa shape index (κ2) is 8.86. The Morgan fingerprint density at radius 3 is 2.84 bits per heavy atom. The molecule has 0 amide bonds. The molecule has 2 aromatic carbocycles. The number of carboxylic acids is 1. The number of hydrogen-bond donors (Lipinski definition) is 1. The summed E-state index contributed by atoms with van der Waals surface area (Å²) in [7, 11) is 2.06. The van der Waals surface area contributed by atoms with E-state index in [0.717, 1.165) is 24.1 Å². The molecule has 1 atom stereocenters. The molecule has 2 heterocycles. The Morgan fingerprint density at radius 2 is 2.10 bits per heavy atom. The van der Waals surface area contributed by atoms with Crippen molar-refractivity contribution in [1.82, 2.24) is 9.88 Å². The van der Waals surface area contributed by atoms with Gasteiger partial charge in [-0.05, 0) is 73.3 Å². The monoisotopic (exact) mass is 420 g/mol. The predicted molar refractivity (Wildman–Crippen MR) is 117 cm³/mol. The van der Waals surface area contributed by atoms with Gasteiger partial charge in [-0.3, -0.25) is 9.88 Å². The van der Waals surface area contributed by atoms with E-state index >= 15 is 0 Å². The van der Waals surface area contributed by atoms with Crippen molar-refractivity contribution in [1.29, 1.82) is 0 Å². The van der Waals surface area contributed by atoms with Crippen LogP contribution in [0.5, 0.6) is 5.75 Å². The van der Waals surface area contributed by atoms with Gasteiger partial charge in [0.05, 0.1) is 12.2 Å². The van der Waals surface area contributed by atoms with Gasteiger partial charge in [-0.1, -0.05) is 12.1 Å². The van der Waals surface area contributed by atoms with Crippen LogP contribution < -0.4 is 4.74 Å². The van der Waals surface area contributed by atoms with E-state index in [0.29, 0.717) is 29.9 Å². The first-order valence-electron chi connectivity index (χ1n) is 10.4. The SMILES string of the molecule is CCOc1ccc(-c2ccc3c(c2)CN(C)[C@@H]3CCc2cnccc2C(=O)O)c(F)c1. The third-order valence-corrected chi connectivity index (χ3v) is 5.84. The molecular formula is C25H25FN2O3. The number of rotatable bonds is 7. The molecule has 0 unspecified atom stereocenters. The van der Waals surface area contributed by atoms with E-state index in [9.17, 15) is 14.3 Å². The van der Waals surface area contributed by atoms with Crippen molar-refractivity contribution in [2.45, 2.75) is 32.4 Å². The summed E-state index contributed by atoms with van der Waals surface area (Å²) in [6.45, 7) is 3.14. The van der Waals surface area contributed by atoms with E-state index in [1.807, 2.05) is 13.0 Å². The van der Waals surface area contributed by atoms with Crippen LogP contribution in [0.3, 0.4) is 0 Å². The first kappa shape index (κ1) is 21.0. The highest BCUT2D eigenvalue weighted by atomic mass is 19.1. The molecule has 31 heavy (non-hydrogen) atoms. The second-order valence-corrected chi connectivity index (χ2v) is 7.80. The number of ether oxygens (including phenoxy) is 1. The molecule has 1 aromatic heterocycles. The lowest BCUT2D eigenvalue weighted by Gasteiger charge is -2.20. The van der Waals surface area contributed by atoms with Gasteiger partial charge in [-0.2, -0.15) is 0 Å². The van der Waals surface area contributed by atoms with Crippen molar-refractivity contribution in [2.75, 3.05) is 13.7 Å². The lowest BCUT2D eigenvalue weighted by atomic mass is 9.94. The lowest BCUT2D eigenvalue weighted by Crippen LogP contribution is -2.17. The minimum Gasteiger partial charge on any atom is -0.494 e. The summed E-state index contributed by atoms with van der Waals surface area (Å²) in [4.78, 5) is 17.8. The fraction of sp³-hybridized carbons (Fsp3) is 0.280. The standard InChI is InChI=1S/C25H25FN2O3/c1-3-31-19-6-8-20(23(26)13-19)16-4-7-21-18(12-16)15-28(2)24(21)9-5-17-14-27-11-10-22(17)25(29)30/h4,6-8,10-14,24H,3,5,9,15H2,1-2H3,(H,29,30)/t24-/m1/s1. The summed E-state index contributed by atoms with van der Waals surface area (Å²) in [5.41, 5.74) is 4.82. The van der Waals surface area contributed by atoms with E-state index < -0.39 is 5.97 Å². The topological polar surface area (TPSA) is 62.7 Å². The number of pyridine rings is 1. The normalized spacial score (nSPS) is 15.6. The number of hydrogen-bond acceptors (Lipinski definition) is 4. The van der Waals surface area contributed by atoms with Gasteiger partial charge in [0.25, 0.3) is 0 Å². The van der Waals surface area contributed by atoms with Crippen LogP contribution in [0.25, 0.3) is 11.1 Å². The number of nitrogens with zero attached hydrogens (tertiary/aromatic N) is 2. The molecule has 1 aliphatic heterocycles. The highest BCUT2D eigenvalue weighted by Gasteiger charge is 2.28. The molecule has 0 saturated heterocycles. The number of aryl methyl sites for hydroxylation is 1. The number of carboxylic acid groups (broad SMARTS) is 1. The van der Waals surface area contributed by atoms with Crippen molar-refractivity contribution in [3.8, 4) is 16.9 Å². The summed E-state index contributed by atoms with van der Waals surface area (Å²) in [5, 5.41) is 9.40. The Hall–Kier alpha value is -3.25. The molecule has 4 rings (SSSR count). The Bertz CT molecular complexity index is 1120. The van der Waals surface area contributed by atoms with Gasteiger partial charge in [0.2, 0.25) is 0 Å². The number of benzene rings is 2. The molecular weight excluding hydrogens is 395 g/mol. The predicted octanol–water partition coefficient (Wildman–Crippen LogP) is 5.10. The molecule has 0 spiro atoms. The van der Waals surface area contributed by atoms with E-state index in [1.54, 1.807) is 24.4 Å². The van der Waals surface area contributed by atoms with Crippen LogP contribution in [0, 0.1) is 5.82 Å². The third kappa shape index (κ3) is 4.30. The zero-order chi connectivity index (χ0) is 22.0. The van der Waals surface area contributed by atoms with Gasteiger partial charge in [-0.25, -0.2) is 9.18 Å². The minimum atomic E-state index is -0.931. The van der Waals surface area contributed by atoms with Crippen molar-refractivity contribution < 1.29 is 19.0 Å². The van der Waals surface area contributed by atoms with Crippen LogP contribution in [-0.2, 0) is 13.0 Å². The fourth-order valence-electron chi connectivity index (χ4n) is 4.34. The lowest BCUT2D eigenvalue weighted by molar-refractivity contribution is 0.0695. The molecule has 1 N–H and O–H groups in total. The maximum atomic E-state index is 14.6. The van der Waals surface area contributed by atoms with Gasteiger partial charge in [0.1, 0.15) is 11.6 Å². The summed E-state index contributed by atoms with van der Waals surface area (Å²) in [6, 6.07) is 12.8. The first-order chi connectivity index (χ1) is 15.0. The molecule has 5 nitrogen and oxygen atoms in total. The maximum Gasteiger partial charge on any atom is 0.336 e. The molecule has 6 heteroatoms. The Morgan fingerprint density at radius 1 is 1.26 bits per heavy atom. The van der Waals surface area contributed by atoms with Crippen molar-refractivity contribution in [3.05, 3.63) is 82.9 Å². The number of carbonyl (C=O) groups is 1. The van der Waals surface area contributed by atoms with E-state index in [4.69, 9.17) is 4.74 Å². The molecule has 0 bridgehead atoms. The first-order valence-corrected chi connectivity index (χ1v) is 10.4.